The smallest absolute Gasteiger partial charge is 0.345 e. The van der Waals surface area contributed by atoms with Gasteiger partial charge in [0.15, 0.2) is 0 Å². The summed E-state index contributed by atoms with van der Waals surface area (Å²) in [7, 11) is 1.86. The van der Waals surface area contributed by atoms with Crippen molar-refractivity contribution >= 4 is 28.9 Å². The van der Waals surface area contributed by atoms with E-state index in [-0.39, 0.29) is 0 Å². The predicted octanol–water partition coefficient (Wildman–Crippen LogP) is 2.74. The van der Waals surface area contributed by atoms with Crippen LogP contribution in [-0.4, -0.2) is 20.9 Å². The summed E-state index contributed by atoms with van der Waals surface area (Å²) in [5, 5.41) is 17.2. The van der Waals surface area contributed by atoms with Crippen LogP contribution in [0.2, 0.25) is 5.02 Å². The van der Waals surface area contributed by atoms with Crippen molar-refractivity contribution in [3.8, 4) is 0 Å². The summed E-state index contributed by atoms with van der Waals surface area (Å²) in [4.78, 5) is 12.3. The molecular formula is C13H16ClN3O2S. The fourth-order valence-electron chi connectivity index (χ4n) is 1.99. The van der Waals surface area contributed by atoms with E-state index in [2.05, 4.69) is 10.4 Å². The SMILES string of the molecule is Cc1nn(C)c(CNCc2cc(C(=O)O)sc2C)c1Cl. The van der Waals surface area contributed by atoms with Gasteiger partial charge in [0.2, 0.25) is 0 Å². The number of aromatic nitrogens is 2. The molecule has 0 atom stereocenters. The highest BCUT2D eigenvalue weighted by Gasteiger charge is 2.13. The number of aryl methyl sites for hydroxylation is 3. The summed E-state index contributed by atoms with van der Waals surface area (Å²) in [5.41, 5.74) is 2.74. The Morgan fingerprint density at radius 2 is 2.20 bits per heavy atom. The fourth-order valence-corrected chi connectivity index (χ4v) is 3.10. The normalized spacial score (nSPS) is 11.0. The molecule has 2 heterocycles. The number of nitrogens with zero attached hydrogens (tertiary/aromatic N) is 2. The van der Waals surface area contributed by atoms with E-state index in [0.29, 0.717) is 23.0 Å². The number of carbonyl (C=O) groups is 1. The van der Waals surface area contributed by atoms with Gasteiger partial charge in [-0.15, -0.1) is 11.3 Å². The first-order valence-corrected chi connectivity index (χ1v) is 7.31. The molecule has 0 aliphatic rings. The Morgan fingerprint density at radius 3 is 2.70 bits per heavy atom. The van der Waals surface area contributed by atoms with E-state index in [0.717, 1.165) is 21.8 Å². The van der Waals surface area contributed by atoms with Gasteiger partial charge in [-0.1, -0.05) is 11.6 Å². The zero-order valence-corrected chi connectivity index (χ0v) is 13.1. The van der Waals surface area contributed by atoms with Gasteiger partial charge in [-0.2, -0.15) is 5.10 Å². The second-order valence-corrected chi connectivity index (χ2v) is 6.20. The highest BCUT2D eigenvalue weighted by atomic mass is 35.5. The second kappa shape index (κ2) is 5.95. The molecular weight excluding hydrogens is 298 g/mol. The van der Waals surface area contributed by atoms with E-state index in [9.17, 15) is 4.79 Å². The molecule has 0 saturated carbocycles. The van der Waals surface area contributed by atoms with Gasteiger partial charge in [0.25, 0.3) is 0 Å². The number of carboxylic acids is 1. The van der Waals surface area contributed by atoms with Gasteiger partial charge >= 0.3 is 5.97 Å². The number of rotatable bonds is 5. The zero-order valence-electron chi connectivity index (χ0n) is 11.5. The summed E-state index contributed by atoms with van der Waals surface area (Å²) in [6.07, 6.45) is 0. The molecule has 20 heavy (non-hydrogen) atoms. The molecule has 0 aliphatic heterocycles. The lowest BCUT2D eigenvalue weighted by atomic mass is 10.2. The molecule has 0 spiro atoms. The Bertz CT molecular complexity index is 648. The molecule has 0 fully saturated rings. The van der Waals surface area contributed by atoms with Crippen LogP contribution in [0.1, 0.15) is 31.5 Å². The van der Waals surface area contributed by atoms with Crippen molar-refractivity contribution in [1.82, 2.24) is 15.1 Å². The predicted molar refractivity (Wildman–Crippen MR) is 79.5 cm³/mol. The van der Waals surface area contributed by atoms with Gasteiger partial charge in [0.05, 0.1) is 16.4 Å². The Hall–Kier alpha value is -1.37. The number of carboxylic acid groups (broad SMARTS) is 1. The van der Waals surface area contributed by atoms with Gasteiger partial charge in [-0.3, -0.25) is 4.68 Å². The van der Waals surface area contributed by atoms with Crippen molar-refractivity contribution in [1.29, 1.82) is 0 Å². The number of nitrogens with one attached hydrogen (secondary N) is 1. The van der Waals surface area contributed by atoms with Crippen molar-refractivity contribution in [3.05, 3.63) is 37.8 Å². The highest BCUT2D eigenvalue weighted by Crippen LogP contribution is 2.22. The molecule has 0 bridgehead atoms. The molecule has 0 radical (unpaired) electrons. The van der Waals surface area contributed by atoms with Crippen LogP contribution in [-0.2, 0) is 20.1 Å². The van der Waals surface area contributed by atoms with Crippen LogP contribution in [0.4, 0.5) is 0 Å². The zero-order chi connectivity index (χ0) is 14.9. The standard InChI is InChI=1S/C13H16ClN3O2S/c1-7-12(14)10(17(3)16-7)6-15-5-9-4-11(13(18)19)20-8(9)2/h4,15H,5-6H2,1-3H3,(H,18,19). The lowest BCUT2D eigenvalue weighted by Crippen LogP contribution is -2.15. The van der Waals surface area contributed by atoms with Gasteiger partial charge in [0, 0.05) is 25.0 Å². The first-order chi connectivity index (χ1) is 9.40. The maximum Gasteiger partial charge on any atom is 0.345 e. The third-order valence-electron chi connectivity index (χ3n) is 3.10. The maximum atomic E-state index is 10.9. The molecule has 0 unspecified atom stereocenters. The summed E-state index contributed by atoms with van der Waals surface area (Å²) in [6.45, 7) is 4.99. The third kappa shape index (κ3) is 3.03. The number of thiophene rings is 1. The molecule has 0 aromatic carbocycles. The minimum absolute atomic E-state index is 0.369. The van der Waals surface area contributed by atoms with Gasteiger partial charge in [0.1, 0.15) is 4.88 Å². The van der Waals surface area contributed by atoms with Crippen molar-refractivity contribution in [2.45, 2.75) is 26.9 Å². The van der Waals surface area contributed by atoms with E-state index in [4.69, 9.17) is 16.7 Å². The molecule has 2 aromatic heterocycles. The minimum Gasteiger partial charge on any atom is -0.477 e. The van der Waals surface area contributed by atoms with Crippen molar-refractivity contribution in [2.24, 2.45) is 7.05 Å². The first-order valence-electron chi connectivity index (χ1n) is 6.11. The third-order valence-corrected chi connectivity index (χ3v) is 4.67. The van der Waals surface area contributed by atoms with E-state index < -0.39 is 5.97 Å². The second-order valence-electron chi connectivity index (χ2n) is 4.57. The molecule has 2 rings (SSSR count). The minimum atomic E-state index is -0.880. The topological polar surface area (TPSA) is 67.2 Å². The number of halogens is 1. The largest absolute Gasteiger partial charge is 0.477 e. The van der Waals surface area contributed by atoms with Crippen LogP contribution in [0.15, 0.2) is 6.07 Å². The van der Waals surface area contributed by atoms with Crippen LogP contribution in [0.3, 0.4) is 0 Å². The van der Waals surface area contributed by atoms with Crippen molar-refractivity contribution in [3.63, 3.8) is 0 Å². The highest BCUT2D eigenvalue weighted by molar-refractivity contribution is 7.14. The molecule has 0 aliphatic carbocycles. The number of hydrogen-bond donors (Lipinski definition) is 2. The Morgan fingerprint density at radius 1 is 1.50 bits per heavy atom. The number of hydrogen-bond acceptors (Lipinski definition) is 4. The summed E-state index contributed by atoms with van der Waals surface area (Å²) < 4.78 is 1.76. The molecule has 108 valence electrons. The van der Waals surface area contributed by atoms with E-state index >= 15 is 0 Å². The monoisotopic (exact) mass is 313 g/mol. The van der Waals surface area contributed by atoms with Gasteiger partial charge in [-0.25, -0.2) is 4.79 Å². The van der Waals surface area contributed by atoms with Crippen LogP contribution < -0.4 is 5.32 Å². The van der Waals surface area contributed by atoms with Gasteiger partial charge in [-0.05, 0) is 25.5 Å². The maximum absolute atomic E-state index is 10.9. The fraction of sp³-hybridized carbons (Fsp3) is 0.385. The van der Waals surface area contributed by atoms with Crippen LogP contribution in [0, 0.1) is 13.8 Å². The summed E-state index contributed by atoms with van der Waals surface area (Å²) in [6, 6.07) is 1.71. The quantitative estimate of drug-likeness (QED) is 0.890. The summed E-state index contributed by atoms with van der Waals surface area (Å²) >= 11 is 7.47. The summed E-state index contributed by atoms with van der Waals surface area (Å²) in [5.74, 6) is -0.880. The average Bonchev–Trinajstić information content (AvgIpc) is 2.85. The Balaban J connectivity index is 2.01. The van der Waals surface area contributed by atoms with Crippen LogP contribution in [0.25, 0.3) is 0 Å². The van der Waals surface area contributed by atoms with E-state index in [1.54, 1.807) is 10.7 Å². The lowest BCUT2D eigenvalue weighted by molar-refractivity contribution is 0.0702. The van der Waals surface area contributed by atoms with Crippen molar-refractivity contribution in [2.75, 3.05) is 0 Å². The molecule has 5 nitrogen and oxygen atoms in total. The van der Waals surface area contributed by atoms with Crippen molar-refractivity contribution < 1.29 is 9.90 Å². The van der Waals surface area contributed by atoms with Gasteiger partial charge < -0.3 is 10.4 Å². The molecule has 2 N–H and O–H groups in total. The van der Waals surface area contributed by atoms with E-state index in [1.807, 2.05) is 20.9 Å². The van der Waals surface area contributed by atoms with Crippen LogP contribution >= 0.6 is 22.9 Å². The van der Waals surface area contributed by atoms with Crippen LogP contribution in [0.5, 0.6) is 0 Å². The molecule has 7 heteroatoms. The molecule has 0 amide bonds. The molecule has 0 saturated heterocycles. The Kier molecular flexibility index (Phi) is 4.47. The Labute approximate surface area is 126 Å². The lowest BCUT2D eigenvalue weighted by Gasteiger charge is -2.05. The molecule has 2 aromatic rings. The average molecular weight is 314 g/mol. The van der Waals surface area contributed by atoms with E-state index in [1.165, 1.54) is 11.3 Å². The first kappa shape index (κ1) is 15.0. The number of aromatic carboxylic acids is 1.